The van der Waals surface area contributed by atoms with Gasteiger partial charge in [-0.2, -0.15) is 0 Å². The molecule has 0 heterocycles. The van der Waals surface area contributed by atoms with E-state index in [2.05, 4.69) is 140 Å². The molecule has 216 valence electrons. The summed E-state index contributed by atoms with van der Waals surface area (Å²) in [6.07, 6.45) is 0. The van der Waals surface area contributed by atoms with Gasteiger partial charge in [0.05, 0.1) is 0 Å². The Labute approximate surface area is 303 Å². The van der Waals surface area contributed by atoms with Gasteiger partial charge in [-0.15, -0.1) is 79.5 Å². The third-order valence-corrected chi connectivity index (χ3v) is 8.17. The molecule has 6 aromatic carbocycles. The molecular formula is C38H42Cl2Zr2. The second-order valence-corrected chi connectivity index (χ2v) is 12.3. The van der Waals surface area contributed by atoms with Crippen molar-refractivity contribution < 1.29 is 77.2 Å². The number of halogens is 2. The third-order valence-electron chi connectivity index (χ3n) is 8.17. The van der Waals surface area contributed by atoms with Crippen LogP contribution in [0, 0.1) is 0 Å². The van der Waals surface area contributed by atoms with Crippen LogP contribution < -0.4 is 24.8 Å². The molecule has 0 N–H and O–H groups in total. The van der Waals surface area contributed by atoms with E-state index in [-0.39, 0.29) is 77.2 Å². The standard InChI is InChI=1S/2C19H21.2ClH.2Zr/c2*1-12(2)14-5-7-18-16(9-14)11-17-10-15(13(3)4)6-8-19(17)18;;;;/h2*5-13H,1-4H3;2*1H;;/q2*-1;;;2*+2/p-2. The molecule has 0 bridgehead atoms. The van der Waals surface area contributed by atoms with Crippen LogP contribution in [-0.2, 0) is 52.4 Å². The average molecular weight is 752 g/mol. The summed E-state index contributed by atoms with van der Waals surface area (Å²) in [4.78, 5) is 0. The van der Waals surface area contributed by atoms with Crippen LogP contribution >= 0.6 is 0 Å². The number of hydrogen-bond acceptors (Lipinski definition) is 0. The van der Waals surface area contributed by atoms with Gasteiger partial charge >= 0.3 is 52.4 Å². The van der Waals surface area contributed by atoms with Gasteiger partial charge < -0.3 is 24.8 Å². The Morgan fingerprint density at radius 2 is 0.548 bits per heavy atom. The molecule has 0 nitrogen and oxygen atoms in total. The number of benzene rings is 4. The van der Waals surface area contributed by atoms with Crippen LogP contribution in [0.1, 0.15) is 101 Å². The first-order valence-corrected chi connectivity index (χ1v) is 14.4. The zero-order valence-corrected chi connectivity index (χ0v) is 32.6. The van der Waals surface area contributed by atoms with Gasteiger partial charge in [-0.25, -0.2) is 0 Å². The van der Waals surface area contributed by atoms with Crippen LogP contribution in [0.15, 0.2) is 84.9 Å². The Balaban J connectivity index is 0.000000383. The van der Waals surface area contributed by atoms with Crippen molar-refractivity contribution in [3.63, 3.8) is 0 Å². The Morgan fingerprint density at radius 1 is 0.357 bits per heavy atom. The SMILES string of the molecule is CC(C)c1ccc2c(c1)[cH-]c1cc(C(C)C)ccc12.CC(C)c1ccc2c(c1)[cH-]c1cc(C(C)C)ccc12.[Cl-].[Cl-].[Zr+2].[Zr+2]. The first-order chi connectivity index (χ1) is 18.1. The van der Waals surface area contributed by atoms with E-state index in [9.17, 15) is 0 Å². The molecule has 0 aliphatic carbocycles. The predicted molar refractivity (Wildman–Crippen MR) is 170 cm³/mol. The largest absolute Gasteiger partial charge is 2.00 e. The summed E-state index contributed by atoms with van der Waals surface area (Å²) in [5.74, 6) is 2.37. The van der Waals surface area contributed by atoms with Crippen molar-refractivity contribution in [3.05, 3.63) is 107 Å². The van der Waals surface area contributed by atoms with E-state index in [0.29, 0.717) is 23.7 Å². The zero-order chi connectivity index (χ0) is 27.1. The smallest absolute Gasteiger partial charge is 1.00 e. The van der Waals surface area contributed by atoms with Gasteiger partial charge in [0.2, 0.25) is 0 Å². The van der Waals surface area contributed by atoms with Crippen molar-refractivity contribution in [2.75, 3.05) is 0 Å². The van der Waals surface area contributed by atoms with Gasteiger partial charge in [-0.05, 0) is 23.7 Å². The van der Waals surface area contributed by atoms with Gasteiger partial charge in [-0.3, -0.25) is 0 Å². The summed E-state index contributed by atoms with van der Waals surface area (Å²) < 4.78 is 0. The van der Waals surface area contributed by atoms with E-state index in [1.54, 1.807) is 0 Å². The summed E-state index contributed by atoms with van der Waals surface area (Å²) in [7, 11) is 0. The molecule has 0 saturated heterocycles. The summed E-state index contributed by atoms with van der Waals surface area (Å²) in [5, 5.41) is 11.0. The van der Waals surface area contributed by atoms with Gasteiger partial charge in [0.1, 0.15) is 0 Å². The Hall–Kier alpha value is -1.03. The van der Waals surface area contributed by atoms with Crippen molar-refractivity contribution in [2.45, 2.75) is 79.1 Å². The fraction of sp³-hybridized carbons (Fsp3) is 0.316. The second kappa shape index (κ2) is 16.3. The average Bonchev–Trinajstić information content (AvgIpc) is 3.44. The van der Waals surface area contributed by atoms with E-state index in [1.165, 1.54) is 65.3 Å². The molecule has 0 unspecified atom stereocenters. The summed E-state index contributed by atoms with van der Waals surface area (Å²) in [5.41, 5.74) is 5.69. The maximum Gasteiger partial charge on any atom is 2.00 e. The molecule has 0 saturated carbocycles. The maximum absolute atomic E-state index is 2.34. The summed E-state index contributed by atoms with van der Waals surface area (Å²) in [6.45, 7) is 18.0. The minimum Gasteiger partial charge on any atom is -1.00 e. The molecule has 0 aliphatic heterocycles. The Morgan fingerprint density at radius 3 is 0.714 bits per heavy atom. The Kier molecular flexibility index (Phi) is 15.2. The fourth-order valence-electron chi connectivity index (χ4n) is 5.56. The molecule has 0 amide bonds. The van der Waals surface area contributed by atoms with Crippen LogP contribution in [0.25, 0.3) is 43.1 Å². The molecule has 0 atom stereocenters. The number of hydrogen-bond donors (Lipinski definition) is 0. The number of fused-ring (bicyclic) bond motifs is 6. The van der Waals surface area contributed by atoms with E-state index in [1.807, 2.05) is 0 Å². The molecule has 0 spiro atoms. The van der Waals surface area contributed by atoms with E-state index in [4.69, 9.17) is 0 Å². The Bertz CT molecular complexity index is 1480. The van der Waals surface area contributed by atoms with Crippen molar-refractivity contribution >= 4 is 43.1 Å². The minimum absolute atomic E-state index is 0. The van der Waals surface area contributed by atoms with Gasteiger partial charge in [-0.1, -0.05) is 126 Å². The van der Waals surface area contributed by atoms with Gasteiger partial charge in [0.25, 0.3) is 0 Å². The van der Waals surface area contributed by atoms with Crippen LogP contribution in [0.5, 0.6) is 0 Å². The topological polar surface area (TPSA) is 0 Å². The van der Waals surface area contributed by atoms with E-state index >= 15 is 0 Å². The van der Waals surface area contributed by atoms with Crippen molar-refractivity contribution in [3.8, 4) is 0 Å². The first kappa shape index (κ1) is 39.0. The molecule has 42 heavy (non-hydrogen) atoms. The maximum atomic E-state index is 2.34. The predicted octanol–water partition coefficient (Wildman–Crippen LogP) is 5.92. The molecule has 0 radical (unpaired) electrons. The molecule has 6 aromatic rings. The van der Waals surface area contributed by atoms with Gasteiger partial charge in [0.15, 0.2) is 0 Å². The van der Waals surface area contributed by atoms with Crippen LogP contribution in [0.2, 0.25) is 0 Å². The van der Waals surface area contributed by atoms with Crippen molar-refractivity contribution in [2.24, 2.45) is 0 Å². The molecule has 0 aromatic heterocycles. The molecule has 6 rings (SSSR count). The van der Waals surface area contributed by atoms with Crippen molar-refractivity contribution in [1.82, 2.24) is 0 Å². The summed E-state index contributed by atoms with van der Waals surface area (Å²) in [6, 6.07) is 32.2. The van der Waals surface area contributed by atoms with Crippen LogP contribution in [0.4, 0.5) is 0 Å². The molecule has 0 aliphatic rings. The molecule has 0 fully saturated rings. The van der Waals surface area contributed by atoms with E-state index < -0.39 is 0 Å². The molecule has 4 heteroatoms. The van der Waals surface area contributed by atoms with Gasteiger partial charge in [0, 0.05) is 0 Å². The normalized spacial score (nSPS) is 11.0. The fourth-order valence-corrected chi connectivity index (χ4v) is 5.56. The van der Waals surface area contributed by atoms with Crippen LogP contribution in [0.3, 0.4) is 0 Å². The minimum atomic E-state index is 0. The molecular weight excluding hydrogens is 710 g/mol. The van der Waals surface area contributed by atoms with E-state index in [0.717, 1.165) is 0 Å². The third kappa shape index (κ3) is 8.16. The van der Waals surface area contributed by atoms with Crippen molar-refractivity contribution in [1.29, 1.82) is 0 Å². The quantitative estimate of drug-likeness (QED) is 0.197. The summed E-state index contributed by atoms with van der Waals surface area (Å²) >= 11 is 0. The van der Waals surface area contributed by atoms with Crippen LogP contribution in [-0.4, -0.2) is 0 Å². The first-order valence-electron chi connectivity index (χ1n) is 14.4. The zero-order valence-electron chi connectivity index (χ0n) is 26.1. The second-order valence-electron chi connectivity index (χ2n) is 12.3. The monoisotopic (exact) mass is 748 g/mol. The number of rotatable bonds is 4.